The molecule has 0 aromatic carbocycles. The molecule has 0 saturated carbocycles. The first-order chi connectivity index (χ1) is 3.68. The molecule has 2 heteroatoms. The Morgan fingerprint density at radius 1 is 1.50 bits per heavy atom. The highest BCUT2D eigenvalue weighted by atomic mass is 127. The van der Waals surface area contributed by atoms with Gasteiger partial charge in [0.15, 0.2) is 0 Å². The minimum absolute atomic E-state index is 0.330. The first kappa shape index (κ1) is 9.16. The molecule has 50 valence electrons. The Morgan fingerprint density at radius 2 is 2.00 bits per heavy atom. The van der Waals surface area contributed by atoms with E-state index in [-0.39, 0.29) is 0 Å². The van der Waals surface area contributed by atoms with Crippen LogP contribution < -0.4 is 0 Å². The van der Waals surface area contributed by atoms with Crippen LogP contribution in [0.25, 0.3) is 0 Å². The van der Waals surface area contributed by atoms with Crippen LogP contribution >= 0.6 is 27.6 Å². The molecule has 0 nitrogen and oxygen atoms in total. The third-order valence-electron chi connectivity index (χ3n) is 0.998. The quantitative estimate of drug-likeness (QED) is 0.525. The maximum atomic E-state index is 2.60. The Bertz CT molecular complexity index is 54.5. The lowest BCUT2D eigenvalue weighted by Crippen LogP contribution is -1.89. The van der Waals surface area contributed by atoms with Gasteiger partial charge in [-0.3, -0.25) is 0 Å². The van der Waals surface area contributed by atoms with Gasteiger partial charge >= 0.3 is 0 Å². The van der Waals surface area contributed by atoms with E-state index in [4.69, 9.17) is 0 Å². The summed E-state index contributed by atoms with van der Waals surface area (Å²) < 4.78 is 0. The summed E-state index contributed by atoms with van der Waals surface area (Å²) in [7, 11) is 0. The molecule has 0 spiro atoms. The zero-order valence-electron chi connectivity index (χ0n) is 5.82. The van der Waals surface area contributed by atoms with Gasteiger partial charge in [-0.25, -0.2) is 0 Å². The molecule has 0 N–H and O–H groups in total. The molecule has 0 aliphatic rings. The molecule has 0 radical (unpaired) electrons. The largest absolute Gasteiger partial charge is 0.0650 e. The van der Waals surface area contributed by atoms with E-state index in [1.807, 2.05) is 0 Å². The number of halogens is 1. The summed E-state index contributed by atoms with van der Waals surface area (Å²) in [5.74, 6) is 0. The summed E-state index contributed by atoms with van der Waals surface area (Å²) in [5.41, 5.74) is 1.25. The van der Waals surface area contributed by atoms with Gasteiger partial charge in [0, 0.05) is 0 Å². The maximum Gasteiger partial charge on any atom is -0.0176 e. The lowest BCUT2D eigenvalue weighted by Gasteiger charge is -2.11. The van der Waals surface area contributed by atoms with Crippen molar-refractivity contribution < 1.29 is 0 Å². The molecule has 0 amide bonds. The molecule has 0 heterocycles. The molecule has 8 heavy (non-hydrogen) atoms. The highest BCUT2D eigenvalue weighted by molar-refractivity contribution is 14.2. The highest BCUT2D eigenvalue weighted by Crippen LogP contribution is 2.49. The fourth-order valence-electron chi connectivity index (χ4n) is 0.472. The molecule has 0 fully saturated rings. The van der Waals surface area contributed by atoms with E-state index in [1.165, 1.54) is 12.6 Å². The van der Waals surface area contributed by atoms with E-state index in [0.717, 1.165) is 5.66 Å². The summed E-state index contributed by atoms with van der Waals surface area (Å²) in [6, 6.07) is 0. The van der Waals surface area contributed by atoms with Crippen LogP contribution in [0.5, 0.6) is 0 Å². The Hall–Kier alpha value is 1.16. The fourth-order valence-corrected chi connectivity index (χ4v) is 2.86. The van der Waals surface area contributed by atoms with Gasteiger partial charge in [-0.1, -0.05) is 49.2 Å². The second kappa shape index (κ2) is 4.99. The molecule has 0 aromatic rings. The molecule has 1 unspecified atom stereocenters. The standard InChI is InChI=1S/C6H14IP/c1-4-5-8(7)6(2)3/h6H,4-5H2,1-3H3. The van der Waals surface area contributed by atoms with Gasteiger partial charge in [0.2, 0.25) is 0 Å². The molecular formula is C6H14IP. The maximum absolute atomic E-state index is 2.60. The molecule has 1 atom stereocenters. The third kappa shape index (κ3) is 4.08. The summed E-state index contributed by atoms with van der Waals surface area (Å²) in [6.45, 7) is 6.89. The fraction of sp³-hybridized carbons (Fsp3) is 1.00. The van der Waals surface area contributed by atoms with Crippen LogP contribution in [-0.2, 0) is 0 Å². The minimum atomic E-state index is 0.330. The van der Waals surface area contributed by atoms with Gasteiger partial charge in [-0.15, -0.1) is 0 Å². The van der Waals surface area contributed by atoms with E-state index in [1.54, 1.807) is 0 Å². The number of rotatable bonds is 3. The third-order valence-corrected chi connectivity index (χ3v) is 7.78. The predicted octanol–water partition coefficient (Wildman–Crippen LogP) is 3.64. The molecule has 0 rings (SSSR count). The van der Waals surface area contributed by atoms with Crippen molar-refractivity contribution in [1.82, 2.24) is 0 Å². The average molecular weight is 244 g/mol. The van der Waals surface area contributed by atoms with Gasteiger partial charge in [-0.2, -0.15) is 0 Å². The smallest absolute Gasteiger partial charge is 0.0176 e. The van der Waals surface area contributed by atoms with Crippen molar-refractivity contribution in [2.45, 2.75) is 32.9 Å². The van der Waals surface area contributed by atoms with Crippen LogP contribution in [0.15, 0.2) is 0 Å². The van der Waals surface area contributed by atoms with Crippen molar-refractivity contribution in [3.63, 3.8) is 0 Å². The van der Waals surface area contributed by atoms with E-state index in [2.05, 4.69) is 42.8 Å². The first-order valence-corrected chi connectivity index (χ1v) is 7.49. The van der Waals surface area contributed by atoms with E-state index in [9.17, 15) is 0 Å². The van der Waals surface area contributed by atoms with Gasteiger partial charge in [0.05, 0.1) is 0 Å². The van der Waals surface area contributed by atoms with Crippen LogP contribution in [0.3, 0.4) is 0 Å². The van der Waals surface area contributed by atoms with Crippen molar-refractivity contribution in [2.75, 3.05) is 6.16 Å². The van der Waals surface area contributed by atoms with E-state index in [0.29, 0.717) is 5.56 Å². The average Bonchev–Trinajstić information content (AvgIpc) is 1.67. The van der Waals surface area contributed by atoms with Gasteiger partial charge in [0.25, 0.3) is 0 Å². The second-order valence-electron chi connectivity index (χ2n) is 2.22. The SMILES string of the molecule is CCCP(I)C(C)C. The topological polar surface area (TPSA) is 0 Å². The lowest BCUT2D eigenvalue weighted by atomic mass is 10.6. The molecule has 0 saturated heterocycles. The van der Waals surface area contributed by atoms with Gasteiger partial charge < -0.3 is 0 Å². The van der Waals surface area contributed by atoms with Crippen molar-refractivity contribution >= 4 is 27.6 Å². The normalized spacial score (nSPS) is 14.6. The predicted molar refractivity (Wildman–Crippen MR) is 51.2 cm³/mol. The lowest BCUT2D eigenvalue weighted by molar-refractivity contribution is 1.05. The van der Waals surface area contributed by atoms with Crippen LogP contribution in [-0.4, -0.2) is 11.8 Å². The van der Waals surface area contributed by atoms with Crippen molar-refractivity contribution in [1.29, 1.82) is 0 Å². The zero-order valence-corrected chi connectivity index (χ0v) is 8.87. The molecule has 0 bridgehead atoms. The Morgan fingerprint density at radius 3 is 2.12 bits per heavy atom. The molecule has 0 aromatic heterocycles. The Balaban J connectivity index is 3.17. The van der Waals surface area contributed by atoms with E-state index >= 15 is 0 Å². The van der Waals surface area contributed by atoms with Crippen LogP contribution in [0, 0.1) is 0 Å². The van der Waals surface area contributed by atoms with Gasteiger partial charge in [-0.05, 0) is 17.4 Å². The summed E-state index contributed by atoms with van der Waals surface area (Å²) >= 11 is 2.60. The monoisotopic (exact) mass is 244 g/mol. The molecule has 0 aliphatic carbocycles. The first-order valence-electron chi connectivity index (χ1n) is 3.11. The molecule has 0 aliphatic heterocycles. The second-order valence-corrected chi connectivity index (χ2v) is 8.21. The molecular weight excluding hydrogens is 230 g/mol. The van der Waals surface area contributed by atoms with Crippen molar-refractivity contribution in [2.24, 2.45) is 0 Å². The van der Waals surface area contributed by atoms with Crippen molar-refractivity contribution in [3.05, 3.63) is 0 Å². The summed E-state index contributed by atoms with van der Waals surface area (Å²) in [6.07, 6.45) is 2.79. The number of hydrogen-bond donors (Lipinski definition) is 0. The van der Waals surface area contributed by atoms with E-state index < -0.39 is 0 Å². The van der Waals surface area contributed by atoms with Gasteiger partial charge in [0.1, 0.15) is 0 Å². The number of hydrogen-bond acceptors (Lipinski definition) is 0. The Labute approximate surface area is 66.7 Å². The zero-order chi connectivity index (χ0) is 6.57. The Kier molecular flexibility index (Phi) is 5.71. The summed E-state index contributed by atoms with van der Waals surface area (Å²) in [4.78, 5) is 0. The van der Waals surface area contributed by atoms with Crippen LogP contribution in [0.2, 0.25) is 0 Å². The minimum Gasteiger partial charge on any atom is -0.0650 e. The summed E-state index contributed by atoms with van der Waals surface area (Å²) in [5, 5.41) is 0. The van der Waals surface area contributed by atoms with Crippen LogP contribution in [0.4, 0.5) is 0 Å². The van der Waals surface area contributed by atoms with Crippen molar-refractivity contribution in [3.8, 4) is 0 Å². The highest BCUT2D eigenvalue weighted by Gasteiger charge is 2.04. The van der Waals surface area contributed by atoms with Crippen LogP contribution in [0.1, 0.15) is 27.2 Å².